The number of carbonyl (C=O) groups is 1. The first kappa shape index (κ1) is 13.8. The number of ether oxygens (including phenoxy) is 1. The molecule has 0 aliphatic carbocycles. The molecular weight excluding hydrogens is 258 g/mol. The van der Waals surface area contributed by atoms with Crippen molar-refractivity contribution in [3.05, 3.63) is 52.7 Å². The normalized spacial score (nSPS) is 10.2. The van der Waals surface area contributed by atoms with Gasteiger partial charge in [0, 0.05) is 6.42 Å². The second-order valence-electron chi connectivity index (χ2n) is 4.13. The molecule has 2 rings (SSSR count). The summed E-state index contributed by atoms with van der Waals surface area (Å²) < 4.78 is 6.28. The van der Waals surface area contributed by atoms with E-state index in [0.717, 1.165) is 0 Å². The fourth-order valence-electron chi connectivity index (χ4n) is 1.64. The predicted molar refractivity (Wildman–Crippen MR) is 74.3 cm³/mol. The third kappa shape index (κ3) is 2.85. The van der Waals surface area contributed by atoms with Crippen LogP contribution in [0.25, 0.3) is 5.69 Å². The van der Waals surface area contributed by atoms with Crippen LogP contribution >= 0.6 is 0 Å². The lowest BCUT2D eigenvalue weighted by Gasteiger charge is -2.09. The number of para-hydroxylation sites is 1. The molecule has 0 fully saturated rings. The number of esters is 1. The number of nitrogens with zero attached hydrogens (tertiary/aromatic N) is 2. The van der Waals surface area contributed by atoms with Crippen molar-refractivity contribution in [2.75, 3.05) is 5.73 Å². The number of hydrogen-bond acceptors (Lipinski definition) is 5. The van der Waals surface area contributed by atoms with Crippen LogP contribution in [-0.2, 0) is 16.1 Å². The molecular formula is C14H15N3O3. The van der Waals surface area contributed by atoms with E-state index in [-0.39, 0.29) is 35.9 Å². The van der Waals surface area contributed by atoms with Gasteiger partial charge in [-0.25, -0.2) is 4.98 Å². The summed E-state index contributed by atoms with van der Waals surface area (Å²) in [6.07, 6.45) is 1.64. The predicted octanol–water partition coefficient (Wildman–Crippen LogP) is 1.27. The number of rotatable bonds is 4. The van der Waals surface area contributed by atoms with E-state index in [9.17, 15) is 9.59 Å². The fourth-order valence-corrected chi connectivity index (χ4v) is 1.64. The van der Waals surface area contributed by atoms with Crippen molar-refractivity contribution >= 4 is 11.7 Å². The second kappa shape index (κ2) is 6.01. The van der Waals surface area contributed by atoms with Crippen LogP contribution in [0.1, 0.15) is 19.0 Å². The van der Waals surface area contributed by atoms with E-state index in [1.807, 2.05) is 18.2 Å². The zero-order valence-corrected chi connectivity index (χ0v) is 11.1. The molecule has 6 heteroatoms. The smallest absolute Gasteiger partial charge is 0.305 e. The Bertz CT molecular complexity index is 665. The van der Waals surface area contributed by atoms with Gasteiger partial charge in [0.15, 0.2) is 0 Å². The summed E-state index contributed by atoms with van der Waals surface area (Å²) in [5.41, 5.74) is 6.31. The Balaban J connectivity index is 2.30. The van der Waals surface area contributed by atoms with E-state index >= 15 is 0 Å². The lowest BCUT2D eigenvalue weighted by molar-refractivity contribution is -0.144. The standard InChI is InChI=1S/C14H15N3O3/c1-2-12(18)20-8-11-13(15)14(19)17(9-16-11)10-6-4-3-5-7-10/h3-7,9H,2,8,15H2,1H3. The molecule has 0 radical (unpaired) electrons. The van der Waals surface area contributed by atoms with Gasteiger partial charge >= 0.3 is 5.97 Å². The molecule has 0 bridgehead atoms. The topological polar surface area (TPSA) is 87.2 Å². The Labute approximate surface area is 115 Å². The highest BCUT2D eigenvalue weighted by Gasteiger charge is 2.11. The van der Waals surface area contributed by atoms with Gasteiger partial charge < -0.3 is 10.5 Å². The minimum atomic E-state index is -0.381. The van der Waals surface area contributed by atoms with E-state index in [4.69, 9.17) is 10.5 Å². The molecule has 0 saturated heterocycles. The quantitative estimate of drug-likeness (QED) is 0.847. The lowest BCUT2D eigenvalue weighted by Crippen LogP contribution is -2.24. The van der Waals surface area contributed by atoms with Crippen molar-refractivity contribution in [1.82, 2.24) is 9.55 Å². The van der Waals surface area contributed by atoms with Gasteiger partial charge in [0.2, 0.25) is 0 Å². The van der Waals surface area contributed by atoms with Crippen molar-refractivity contribution < 1.29 is 9.53 Å². The number of hydrogen-bond donors (Lipinski definition) is 1. The van der Waals surface area contributed by atoms with E-state index in [0.29, 0.717) is 5.69 Å². The van der Waals surface area contributed by atoms with Gasteiger partial charge in [-0.05, 0) is 12.1 Å². The zero-order chi connectivity index (χ0) is 14.5. The minimum absolute atomic E-state index is 0.0137. The molecule has 0 saturated carbocycles. The van der Waals surface area contributed by atoms with Gasteiger partial charge in [0.25, 0.3) is 5.56 Å². The van der Waals surface area contributed by atoms with Gasteiger partial charge in [0.05, 0.1) is 5.69 Å². The molecule has 0 amide bonds. The average Bonchev–Trinajstić information content (AvgIpc) is 2.49. The molecule has 0 atom stereocenters. The average molecular weight is 273 g/mol. The molecule has 1 heterocycles. The summed E-state index contributed by atoms with van der Waals surface area (Å²) in [6, 6.07) is 9.03. The highest BCUT2D eigenvalue weighted by molar-refractivity contribution is 5.69. The first-order valence-corrected chi connectivity index (χ1v) is 6.20. The molecule has 20 heavy (non-hydrogen) atoms. The molecule has 1 aromatic carbocycles. The van der Waals surface area contributed by atoms with Crippen LogP contribution in [0.2, 0.25) is 0 Å². The van der Waals surface area contributed by atoms with Crippen molar-refractivity contribution in [2.24, 2.45) is 0 Å². The van der Waals surface area contributed by atoms with Crippen molar-refractivity contribution in [3.8, 4) is 5.69 Å². The van der Waals surface area contributed by atoms with E-state index in [2.05, 4.69) is 4.98 Å². The number of aromatic nitrogens is 2. The molecule has 0 aliphatic heterocycles. The Hall–Kier alpha value is -2.63. The summed E-state index contributed by atoms with van der Waals surface area (Å²) in [6.45, 7) is 1.59. The monoisotopic (exact) mass is 273 g/mol. The molecule has 2 N–H and O–H groups in total. The number of benzene rings is 1. The second-order valence-corrected chi connectivity index (χ2v) is 4.13. The SMILES string of the molecule is CCC(=O)OCc1ncn(-c2ccccc2)c(=O)c1N. The van der Waals surface area contributed by atoms with Crippen LogP contribution in [0.4, 0.5) is 5.69 Å². The van der Waals surface area contributed by atoms with Crippen molar-refractivity contribution in [1.29, 1.82) is 0 Å². The van der Waals surface area contributed by atoms with Crippen LogP contribution in [0.5, 0.6) is 0 Å². The number of nitrogen functional groups attached to an aromatic ring is 1. The first-order chi connectivity index (χ1) is 9.63. The summed E-state index contributed by atoms with van der Waals surface area (Å²) in [4.78, 5) is 27.3. The molecule has 104 valence electrons. The minimum Gasteiger partial charge on any atom is -0.459 e. The third-order valence-electron chi connectivity index (χ3n) is 2.78. The zero-order valence-electron chi connectivity index (χ0n) is 11.1. The van der Waals surface area contributed by atoms with Crippen molar-refractivity contribution in [2.45, 2.75) is 20.0 Å². The maximum atomic E-state index is 12.2. The Morgan fingerprint density at radius 1 is 1.35 bits per heavy atom. The number of anilines is 1. The maximum absolute atomic E-state index is 12.2. The maximum Gasteiger partial charge on any atom is 0.305 e. The van der Waals surface area contributed by atoms with Crippen LogP contribution in [0, 0.1) is 0 Å². The van der Waals surface area contributed by atoms with Crippen LogP contribution in [-0.4, -0.2) is 15.5 Å². The summed E-state index contributed by atoms with van der Waals surface area (Å²) >= 11 is 0. The molecule has 6 nitrogen and oxygen atoms in total. The van der Waals surface area contributed by atoms with E-state index in [1.165, 1.54) is 10.9 Å². The summed E-state index contributed by atoms with van der Waals surface area (Å²) in [5.74, 6) is -0.363. The molecule has 0 spiro atoms. The highest BCUT2D eigenvalue weighted by Crippen LogP contribution is 2.08. The van der Waals surface area contributed by atoms with Crippen LogP contribution < -0.4 is 11.3 Å². The van der Waals surface area contributed by atoms with Crippen LogP contribution in [0.3, 0.4) is 0 Å². The number of carbonyl (C=O) groups excluding carboxylic acids is 1. The van der Waals surface area contributed by atoms with E-state index < -0.39 is 0 Å². The van der Waals surface area contributed by atoms with Gasteiger partial charge in [-0.15, -0.1) is 0 Å². The third-order valence-corrected chi connectivity index (χ3v) is 2.78. The summed E-state index contributed by atoms with van der Waals surface area (Å²) in [5, 5.41) is 0. The molecule has 0 aliphatic rings. The Kier molecular flexibility index (Phi) is 4.14. The largest absolute Gasteiger partial charge is 0.459 e. The molecule has 1 aromatic heterocycles. The molecule has 2 aromatic rings. The lowest BCUT2D eigenvalue weighted by atomic mass is 10.3. The van der Waals surface area contributed by atoms with E-state index in [1.54, 1.807) is 19.1 Å². The van der Waals surface area contributed by atoms with Crippen molar-refractivity contribution in [3.63, 3.8) is 0 Å². The molecule has 0 unspecified atom stereocenters. The van der Waals surface area contributed by atoms with Gasteiger partial charge in [-0.3, -0.25) is 14.2 Å². The number of nitrogens with two attached hydrogens (primary N) is 1. The fraction of sp³-hybridized carbons (Fsp3) is 0.214. The summed E-state index contributed by atoms with van der Waals surface area (Å²) in [7, 11) is 0. The highest BCUT2D eigenvalue weighted by atomic mass is 16.5. The van der Waals surface area contributed by atoms with Gasteiger partial charge in [0.1, 0.15) is 24.3 Å². The van der Waals surface area contributed by atoms with Gasteiger partial charge in [-0.1, -0.05) is 25.1 Å². The Morgan fingerprint density at radius 3 is 2.70 bits per heavy atom. The Morgan fingerprint density at radius 2 is 2.05 bits per heavy atom. The van der Waals surface area contributed by atoms with Crippen LogP contribution in [0.15, 0.2) is 41.5 Å². The van der Waals surface area contributed by atoms with Gasteiger partial charge in [-0.2, -0.15) is 0 Å². The first-order valence-electron chi connectivity index (χ1n) is 6.20.